The lowest BCUT2D eigenvalue weighted by Crippen LogP contribution is -2.40. The predicted molar refractivity (Wildman–Crippen MR) is 78.7 cm³/mol. The number of ether oxygens (including phenoxy) is 2. The summed E-state index contributed by atoms with van der Waals surface area (Å²) in [6.07, 6.45) is 3.39. The molecule has 0 saturated heterocycles. The first-order valence-electron chi connectivity index (χ1n) is 6.71. The van der Waals surface area contributed by atoms with Crippen LogP contribution in [0.4, 0.5) is 5.69 Å². The summed E-state index contributed by atoms with van der Waals surface area (Å²) in [5, 5.41) is 0. The first-order chi connectivity index (χ1) is 9.44. The molecule has 1 aromatic heterocycles. The van der Waals surface area contributed by atoms with E-state index in [9.17, 15) is 4.79 Å². The van der Waals surface area contributed by atoms with E-state index >= 15 is 0 Å². The topological polar surface area (TPSA) is 51.7 Å². The zero-order chi connectivity index (χ0) is 15.0. The number of aromatic nitrogens is 1. The molecule has 1 rings (SSSR count). The number of nitrogens with zero attached hydrogens (tertiary/aromatic N) is 2. The van der Waals surface area contributed by atoms with E-state index in [1.165, 1.54) is 0 Å². The average Bonchev–Trinajstić information content (AvgIpc) is 2.41. The van der Waals surface area contributed by atoms with Crippen molar-refractivity contribution < 1.29 is 14.3 Å². The Balaban J connectivity index is 2.70. The van der Waals surface area contributed by atoms with E-state index in [0.29, 0.717) is 19.8 Å². The quantitative estimate of drug-likeness (QED) is 0.718. The molecule has 0 fully saturated rings. The minimum atomic E-state index is -0.0657. The van der Waals surface area contributed by atoms with E-state index in [1.54, 1.807) is 24.4 Å². The minimum absolute atomic E-state index is 0.00195. The minimum Gasteiger partial charge on any atom is -0.382 e. The number of rotatable bonds is 7. The van der Waals surface area contributed by atoms with Gasteiger partial charge in [-0.25, -0.2) is 0 Å². The molecule has 1 heterocycles. The molecule has 20 heavy (non-hydrogen) atoms. The lowest BCUT2D eigenvalue weighted by atomic mass is 9.96. The Morgan fingerprint density at radius 2 is 2.10 bits per heavy atom. The van der Waals surface area contributed by atoms with Gasteiger partial charge in [0, 0.05) is 19.9 Å². The van der Waals surface area contributed by atoms with Crippen LogP contribution in [0.25, 0.3) is 0 Å². The van der Waals surface area contributed by atoms with Crippen molar-refractivity contribution in [1.82, 2.24) is 4.98 Å². The highest BCUT2D eigenvalue weighted by atomic mass is 16.5. The van der Waals surface area contributed by atoms with Gasteiger partial charge in [-0.15, -0.1) is 0 Å². The molecular formula is C15H24N2O3. The standard InChI is InChI=1S/C15H24N2O3/c1-15(2,3)12-17(13-6-5-7-16-10-13)14(18)11-20-9-8-19-4/h5-7,10H,8-9,11-12H2,1-4H3. The Hall–Kier alpha value is -1.46. The second-order valence-corrected chi connectivity index (χ2v) is 5.80. The van der Waals surface area contributed by atoms with Crippen LogP contribution in [0, 0.1) is 5.41 Å². The highest BCUT2D eigenvalue weighted by molar-refractivity contribution is 5.94. The molecule has 0 saturated carbocycles. The van der Waals surface area contributed by atoms with E-state index in [2.05, 4.69) is 25.8 Å². The van der Waals surface area contributed by atoms with Gasteiger partial charge in [-0.1, -0.05) is 20.8 Å². The van der Waals surface area contributed by atoms with Gasteiger partial charge in [-0.3, -0.25) is 9.78 Å². The Labute approximate surface area is 120 Å². The molecule has 1 aromatic rings. The van der Waals surface area contributed by atoms with E-state index in [4.69, 9.17) is 9.47 Å². The molecule has 0 unspecified atom stereocenters. The third-order valence-corrected chi connectivity index (χ3v) is 2.55. The number of hydrogen-bond acceptors (Lipinski definition) is 4. The molecule has 5 heteroatoms. The lowest BCUT2D eigenvalue weighted by Gasteiger charge is -2.29. The Morgan fingerprint density at radius 1 is 1.35 bits per heavy atom. The van der Waals surface area contributed by atoms with Crippen LogP contribution in [0.2, 0.25) is 0 Å². The van der Waals surface area contributed by atoms with Crippen LogP contribution in [0.15, 0.2) is 24.5 Å². The van der Waals surface area contributed by atoms with Crippen molar-refractivity contribution >= 4 is 11.6 Å². The number of pyridine rings is 1. The van der Waals surface area contributed by atoms with Gasteiger partial charge in [-0.05, 0) is 17.5 Å². The van der Waals surface area contributed by atoms with E-state index < -0.39 is 0 Å². The molecule has 0 aliphatic heterocycles. The van der Waals surface area contributed by atoms with E-state index in [-0.39, 0.29) is 17.9 Å². The first-order valence-corrected chi connectivity index (χ1v) is 6.71. The van der Waals surface area contributed by atoms with Gasteiger partial charge in [-0.2, -0.15) is 0 Å². The van der Waals surface area contributed by atoms with Crippen molar-refractivity contribution in [1.29, 1.82) is 0 Å². The van der Waals surface area contributed by atoms with Gasteiger partial charge < -0.3 is 14.4 Å². The van der Waals surface area contributed by atoms with Gasteiger partial charge >= 0.3 is 0 Å². The molecule has 0 atom stereocenters. The molecule has 112 valence electrons. The first kappa shape index (κ1) is 16.6. The van der Waals surface area contributed by atoms with Crippen LogP contribution in [0.5, 0.6) is 0 Å². The molecule has 0 radical (unpaired) electrons. The maximum Gasteiger partial charge on any atom is 0.253 e. The largest absolute Gasteiger partial charge is 0.382 e. The fourth-order valence-electron chi connectivity index (χ4n) is 1.69. The summed E-state index contributed by atoms with van der Waals surface area (Å²) < 4.78 is 10.2. The highest BCUT2D eigenvalue weighted by Gasteiger charge is 2.22. The Morgan fingerprint density at radius 3 is 2.65 bits per heavy atom. The van der Waals surface area contributed by atoms with E-state index in [1.807, 2.05) is 12.1 Å². The molecule has 0 N–H and O–H groups in total. The summed E-state index contributed by atoms with van der Waals surface area (Å²) in [5.41, 5.74) is 0.792. The van der Waals surface area contributed by atoms with Gasteiger partial charge in [0.1, 0.15) is 6.61 Å². The highest BCUT2D eigenvalue weighted by Crippen LogP contribution is 2.21. The normalized spacial score (nSPS) is 11.4. The predicted octanol–water partition coefficient (Wildman–Crippen LogP) is 2.12. The fraction of sp³-hybridized carbons (Fsp3) is 0.600. The third kappa shape index (κ3) is 6.12. The number of carbonyl (C=O) groups excluding carboxylic acids is 1. The number of amides is 1. The molecule has 0 aliphatic carbocycles. The number of hydrogen-bond donors (Lipinski definition) is 0. The maximum atomic E-state index is 12.3. The fourth-order valence-corrected chi connectivity index (χ4v) is 1.69. The molecular weight excluding hydrogens is 256 g/mol. The van der Waals surface area contributed by atoms with Crippen LogP contribution in [0.3, 0.4) is 0 Å². The van der Waals surface area contributed by atoms with Crippen LogP contribution in [-0.4, -0.2) is 44.4 Å². The number of anilines is 1. The summed E-state index contributed by atoms with van der Waals surface area (Å²) in [6.45, 7) is 7.85. The second-order valence-electron chi connectivity index (χ2n) is 5.80. The van der Waals surface area contributed by atoms with E-state index in [0.717, 1.165) is 5.69 Å². The zero-order valence-electron chi connectivity index (χ0n) is 12.8. The van der Waals surface area contributed by atoms with Gasteiger partial charge in [0.2, 0.25) is 0 Å². The van der Waals surface area contributed by atoms with Gasteiger partial charge in [0.15, 0.2) is 0 Å². The molecule has 0 aromatic carbocycles. The van der Waals surface area contributed by atoms with Crippen LogP contribution in [0.1, 0.15) is 20.8 Å². The average molecular weight is 280 g/mol. The van der Waals surface area contributed by atoms with Crippen molar-refractivity contribution in [3.8, 4) is 0 Å². The van der Waals surface area contributed by atoms with Crippen molar-refractivity contribution in [2.45, 2.75) is 20.8 Å². The van der Waals surface area contributed by atoms with Crippen LogP contribution < -0.4 is 4.90 Å². The summed E-state index contributed by atoms with van der Waals surface area (Å²) in [5.74, 6) is -0.0657. The van der Waals surface area contributed by atoms with Crippen LogP contribution >= 0.6 is 0 Å². The van der Waals surface area contributed by atoms with Crippen molar-refractivity contribution in [2.75, 3.05) is 38.4 Å². The molecule has 5 nitrogen and oxygen atoms in total. The maximum absolute atomic E-state index is 12.3. The zero-order valence-corrected chi connectivity index (χ0v) is 12.8. The smallest absolute Gasteiger partial charge is 0.253 e. The lowest BCUT2D eigenvalue weighted by molar-refractivity contribution is -0.123. The molecule has 0 aliphatic rings. The summed E-state index contributed by atoms with van der Waals surface area (Å²) in [4.78, 5) is 18.1. The van der Waals surface area contributed by atoms with Crippen LogP contribution in [-0.2, 0) is 14.3 Å². The van der Waals surface area contributed by atoms with Crippen molar-refractivity contribution in [3.05, 3.63) is 24.5 Å². The Kier molecular flexibility index (Phi) is 6.61. The van der Waals surface area contributed by atoms with Crippen molar-refractivity contribution in [3.63, 3.8) is 0 Å². The molecule has 0 bridgehead atoms. The Bertz CT molecular complexity index is 401. The third-order valence-electron chi connectivity index (χ3n) is 2.55. The molecule has 0 spiro atoms. The summed E-state index contributed by atoms with van der Waals surface area (Å²) in [7, 11) is 1.60. The number of methoxy groups -OCH3 is 1. The number of carbonyl (C=O) groups is 1. The second kappa shape index (κ2) is 7.97. The SMILES string of the molecule is COCCOCC(=O)N(CC(C)(C)C)c1cccnc1. The van der Waals surface area contributed by atoms with Gasteiger partial charge in [0.05, 0.1) is 25.1 Å². The molecule has 1 amide bonds. The summed E-state index contributed by atoms with van der Waals surface area (Å²) in [6, 6.07) is 3.70. The van der Waals surface area contributed by atoms with Gasteiger partial charge in [0.25, 0.3) is 5.91 Å². The summed E-state index contributed by atoms with van der Waals surface area (Å²) >= 11 is 0. The monoisotopic (exact) mass is 280 g/mol. The van der Waals surface area contributed by atoms with Crippen molar-refractivity contribution in [2.24, 2.45) is 5.41 Å².